The minimum absolute atomic E-state index is 0.0587. The van der Waals surface area contributed by atoms with Gasteiger partial charge >= 0.3 is 11.9 Å². The van der Waals surface area contributed by atoms with E-state index < -0.39 is 16.0 Å². The number of carbonyl (C=O) groups is 2. The van der Waals surface area contributed by atoms with Crippen molar-refractivity contribution < 1.29 is 27.9 Å². The lowest BCUT2D eigenvalue weighted by Crippen LogP contribution is -2.40. The summed E-state index contributed by atoms with van der Waals surface area (Å²) in [6, 6.07) is 10.3. The van der Waals surface area contributed by atoms with E-state index in [1.807, 2.05) is 4.90 Å². The zero-order valence-electron chi connectivity index (χ0n) is 16.9. The molecule has 1 saturated heterocycles. The van der Waals surface area contributed by atoms with E-state index in [1.165, 1.54) is 24.3 Å². The molecule has 0 spiro atoms. The number of benzene rings is 2. The number of carboxylic acid groups (broad SMARTS) is 1. The van der Waals surface area contributed by atoms with Crippen LogP contribution in [0.1, 0.15) is 30.1 Å². The molecule has 166 valence electrons. The summed E-state index contributed by atoms with van der Waals surface area (Å²) in [7, 11) is -4.00. The molecule has 0 saturated carbocycles. The van der Waals surface area contributed by atoms with Gasteiger partial charge in [-0.1, -0.05) is 23.7 Å². The van der Waals surface area contributed by atoms with Crippen LogP contribution in [0.25, 0.3) is 0 Å². The maximum atomic E-state index is 12.7. The fourth-order valence-corrected chi connectivity index (χ4v) is 5.14. The highest BCUT2D eigenvalue weighted by atomic mass is 35.5. The van der Waals surface area contributed by atoms with Gasteiger partial charge in [-0.05, 0) is 50.1 Å². The summed E-state index contributed by atoms with van der Waals surface area (Å²) in [4.78, 5) is 25.7. The lowest BCUT2D eigenvalue weighted by atomic mass is 9.97. The monoisotopic (exact) mass is 466 g/mol. The Morgan fingerprint density at radius 1 is 1.26 bits per heavy atom. The number of carboxylic acids is 1. The summed E-state index contributed by atoms with van der Waals surface area (Å²) < 4.78 is 32.8. The highest BCUT2D eigenvalue weighted by molar-refractivity contribution is 7.92. The third-order valence-corrected chi connectivity index (χ3v) is 6.87. The van der Waals surface area contributed by atoms with Gasteiger partial charge in [-0.15, -0.1) is 0 Å². The number of carbonyl (C=O) groups excluding carboxylic acids is 1. The zero-order chi connectivity index (χ0) is 22.6. The van der Waals surface area contributed by atoms with Crippen LogP contribution in [0, 0.1) is 5.92 Å². The summed E-state index contributed by atoms with van der Waals surface area (Å²) in [5.74, 6) is -1.84. The molecule has 2 N–H and O–H groups in total. The Kier molecular flexibility index (Phi) is 7.07. The van der Waals surface area contributed by atoms with E-state index in [9.17, 15) is 23.1 Å². The third kappa shape index (κ3) is 5.29. The van der Waals surface area contributed by atoms with Gasteiger partial charge < -0.3 is 14.7 Å². The SMILES string of the molecule is CCOC(=O)[C@@H]1CCCN(c2ccc(NS(=O)(=O)c3ccccc3Cl)cc2C(=O)O)C1. The molecule has 1 heterocycles. The normalized spacial score (nSPS) is 16.6. The molecule has 10 heteroatoms. The Balaban J connectivity index is 1.87. The molecule has 0 unspecified atom stereocenters. The highest BCUT2D eigenvalue weighted by Gasteiger charge is 2.29. The van der Waals surface area contributed by atoms with E-state index in [4.69, 9.17) is 16.3 Å². The van der Waals surface area contributed by atoms with Crippen molar-refractivity contribution in [3.63, 3.8) is 0 Å². The topological polar surface area (TPSA) is 113 Å². The van der Waals surface area contributed by atoms with Gasteiger partial charge in [0.25, 0.3) is 10.0 Å². The van der Waals surface area contributed by atoms with Crippen LogP contribution < -0.4 is 9.62 Å². The number of anilines is 2. The minimum Gasteiger partial charge on any atom is -0.478 e. The number of hydrogen-bond acceptors (Lipinski definition) is 6. The molecule has 3 rings (SSSR count). The highest BCUT2D eigenvalue weighted by Crippen LogP contribution is 2.31. The predicted octanol–water partition coefficient (Wildman–Crippen LogP) is 3.62. The van der Waals surface area contributed by atoms with Gasteiger partial charge in [-0.25, -0.2) is 13.2 Å². The number of hydrogen-bond donors (Lipinski definition) is 2. The Hall–Kier alpha value is -2.78. The average molecular weight is 467 g/mol. The molecule has 2 aromatic carbocycles. The molecule has 1 aliphatic rings. The first-order chi connectivity index (χ1) is 14.7. The molecule has 1 atom stereocenters. The summed E-state index contributed by atoms with van der Waals surface area (Å²) in [5.41, 5.74) is 0.450. The van der Waals surface area contributed by atoms with Crippen LogP contribution in [-0.2, 0) is 19.6 Å². The zero-order valence-corrected chi connectivity index (χ0v) is 18.4. The van der Waals surface area contributed by atoms with Gasteiger partial charge in [-0.3, -0.25) is 9.52 Å². The van der Waals surface area contributed by atoms with E-state index in [-0.39, 0.29) is 39.7 Å². The number of piperidine rings is 1. The van der Waals surface area contributed by atoms with Gasteiger partial charge in [0, 0.05) is 18.8 Å². The fourth-order valence-electron chi connectivity index (χ4n) is 3.57. The third-order valence-electron chi connectivity index (χ3n) is 4.99. The van der Waals surface area contributed by atoms with Crippen LogP contribution in [0.4, 0.5) is 11.4 Å². The molecule has 8 nitrogen and oxygen atoms in total. The number of halogens is 1. The number of ether oxygens (including phenoxy) is 1. The van der Waals surface area contributed by atoms with E-state index in [1.54, 1.807) is 25.1 Å². The molecule has 0 aromatic heterocycles. The molecular formula is C21H23ClN2O6S. The van der Waals surface area contributed by atoms with Gasteiger partial charge in [-0.2, -0.15) is 0 Å². The molecular weight excluding hydrogens is 444 g/mol. The summed E-state index contributed by atoms with van der Waals surface area (Å²) >= 11 is 5.99. The number of nitrogens with one attached hydrogen (secondary N) is 1. The molecule has 31 heavy (non-hydrogen) atoms. The standard InChI is InChI=1S/C21H23ClN2O6S/c1-2-30-21(27)14-6-5-11-24(13-14)18-10-9-15(12-16(18)20(25)26)23-31(28,29)19-8-4-3-7-17(19)22/h3-4,7-10,12,14,23H,2,5-6,11,13H2,1H3,(H,25,26)/t14-/m1/s1. The summed E-state index contributed by atoms with van der Waals surface area (Å²) in [6.45, 7) is 2.95. The van der Waals surface area contributed by atoms with Crippen molar-refractivity contribution in [3.8, 4) is 0 Å². The first-order valence-electron chi connectivity index (χ1n) is 9.79. The molecule has 0 radical (unpaired) electrons. The second-order valence-electron chi connectivity index (χ2n) is 7.11. The van der Waals surface area contributed by atoms with Crippen molar-refractivity contribution in [1.29, 1.82) is 0 Å². The maximum absolute atomic E-state index is 12.7. The Morgan fingerprint density at radius 3 is 2.68 bits per heavy atom. The fraction of sp³-hybridized carbons (Fsp3) is 0.333. The first kappa shape index (κ1) is 22.9. The van der Waals surface area contributed by atoms with Crippen molar-refractivity contribution in [2.45, 2.75) is 24.7 Å². The predicted molar refractivity (Wildman–Crippen MR) is 117 cm³/mol. The number of esters is 1. The van der Waals surface area contributed by atoms with Crippen molar-refractivity contribution in [1.82, 2.24) is 0 Å². The molecule has 1 aliphatic heterocycles. The van der Waals surface area contributed by atoms with Crippen molar-refractivity contribution in [3.05, 3.63) is 53.1 Å². The summed E-state index contributed by atoms with van der Waals surface area (Å²) in [6.07, 6.45) is 1.39. The van der Waals surface area contributed by atoms with E-state index in [0.29, 0.717) is 31.6 Å². The molecule has 0 aliphatic carbocycles. The first-order valence-corrected chi connectivity index (χ1v) is 11.7. The van der Waals surface area contributed by atoms with Gasteiger partial charge in [0.1, 0.15) is 4.90 Å². The van der Waals surface area contributed by atoms with Crippen molar-refractivity contribution in [2.75, 3.05) is 29.3 Å². The van der Waals surface area contributed by atoms with Crippen LogP contribution in [0.2, 0.25) is 5.02 Å². The van der Waals surface area contributed by atoms with Gasteiger partial charge in [0.15, 0.2) is 0 Å². The molecule has 0 amide bonds. The van der Waals surface area contributed by atoms with E-state index >= 15 is 0 Å². The van der Waals surface area contributed by atoms with Crippen LogP contribution >= 0.6 is 11.6 Å². The lowest BCUT2D eigenvalue weighted by Gasteiger charge is -2.34. The van der Waals surface area contributed by atoms with Crippen molar-refractivity contribution >= 4 is 44.9 Å². The number of rotatable bonds is 7. The largest absolute Gasteiger partial charge is 0.478 e. The quantitative estimate of drug-likeness (QED) is 0.599. The second kappa shape index (κ2) is 9.57. The number of aromatic carboxylic acids is 1. The van der Waals surface area contributed by atoms with E-state index in [2.05, 4.69) is 4.72 Å². The van der Waals surface area contributed by atoms with Gasteiger partial charge in [0.2, 0.25) is 0 Å². The van der Waals surface area contributed by atoms with Crippen LogP contribution in [0.15, 0.2) is 47.4 Å². The minimum atomic E-state index is -4.00. The van der Waals surface area contributed by atoms with Crippen LogP contribution in [-0.4, -0.2) is 45.2 Å². The Bertz CT molecular complexity index is 1090. The molecule has 1 fully saturated rings. The second-order valence-corrected chi connectivity index (χ2v) is 9.17. The van der Waals surface area contributed by atoms with Gasteiger partial charge in [0.05, 0.1) is 28.8 Å². The average Bonchev–Trinajstić information content (AvgIpc) is 2.74. The van der Waals surface area contributed by atoms with Crippen LogP contribution in [0.3, 0.4) is 0 Å². The van der Waals surface area contributed by atoms with E-state index in [0.717, 1.165) is 0 Å². The smallest absolute Gasteiger partial charge is 0.337 e. The number of nitrogens with zero attached hydrogens (tertiary/aromatic N) is 1. The van der Waals surface area contributed by atoms with Crippen LogP contribution in [0.5, 0.6) is 0 Å². The summed E-state index contributed by atoms with van der Waals surface area (Å²) in [5, 5.41) is 9.78. The Labute approximate surface area is 185 Å². The Morgan fingerprint density at radius 2 is 2.00 bits per heavy atom. The lowest BCUT2D eigenvalue weighted by molar-refractivity contribution is -0.148. The molecule has 2 aromatic rings. The number of sulfonamides is 1. The maximum Gasteiger partial charge on any atom is 0.337 e. The molecule has 0 bridgehead atoms. The van der Waals surface area contributed by atoms with Crippen molar-refractivity contribution in [2.24, 2.45) is 5.92 Å².